The molecule has 18 heteroatoms. The van der Waals surface area contributed by atoms with Crippen LogP contribution >= 0.6 is 0 Å². The van der Waals surface area contributed by atoms with Crippen molar-refractivity contribution in [3.63, 3.8) is 0 Å². The Morgan fingerprint density at radius 1 is 0.500 bits per heavy atom. The van der Waals surface area contributed by atoms with Gasteiger partial charge in [0.05, 0.1) is 42.1 Å². The zero-order valence-corrected chi connectivity index (χ0v) is 51.5. The third-order valence-electron chi connectivity index (χ3n) is 14.1. The Bertz CT molecular complexity index is 4750. The summed E-state index contributed by atoms with van der Waals surface area (Å²) in [6.07, 6.45) is -6.87. The lowest BCUT2D eigenvalue weighted by molar-refractivity contribution is 0.244. The topological polar surface area (TPSA) is 194 Å². The predicted molar refractivity (Wildman–Crippen MR) is 350 cm³/mol. The zero-order valence-electron chi connectivity index (χ0n) is 64.5. The van der Waals surface area contributed by atoms with Crippen molar-refractivity contribution in [2.45, 2.75) is 156 Å². The summed E-state index contributed by atoms with van der Waals surface area (Å²) in [4.78, 5) is 24.1. The van der Waals surface area contributed by atoms with E-state index in [1.165, 1.54) is 6.92 Å². The van der Waals surface area contributed by atoms with Crippen molar-refractivity contribution in [3.8, 4) is 85.8 Å². The number of rotatable bonds is 21. The summed E-state index contributed by atoms with van der Waals surface area (Å²) in [6, 6.07) is 25.4. The lowest BCUT2D eigenvalue weighted by Gasteiger charge is -2.13. The molecule has 0 saturated carbocycles. The predicted octanol–water partition coefficient (Wildman–Crippen LogP) is 17.2. The lowest BCUT2D eigenvalue weighted by atomic mass is 10.0. The van der Waals surface area contributed by atoms with Crippen LogP contribution in [0.25, 0.3) is 83.1 Å². The number of fused-ring (bicyclic) bond motifs is 3. The van der Waals surface area contributed by atoms with E-state index in [0.29, 0.717) is 113 Å². The number of benzene rings is 6. The van der Waals surface area contributed by atoms with E-state index in [4.69, 9.17) is 65.3 Å². The molecule has 3 heterocycles. The van der Waals surface area contributed by atoms with Crippen LogP contribution in [0, 0.1) is 19.7 Å². The molecule has 0 amide bonds. The van der Waals surface area contributed by atoms with Gasteiger partial charge in [-0.15, -0.1) is 0 Å². The number of hydrogen-bond acceptors (Lipinski definition) is 15. The molecule has 90 heavy (non-hydrogen) atoms. The summed E-state index contributed by atoms with van der Waals surface area (Å²) in [5, 5.41) is 20.8. The monoisotopic (exact) mass is 1220 g/mol. The van der Waals surface area contributed by atoms with Gasteiger partial charge in [0.25, 0.3) is 17.7 Å². The Morgan fingerprint density at radius 3 is 1.16 bits per heavy atom. The van der Waals surface area contributed by atoms with Gasteiger partial charge in [0.2, 0.25) is 34.5 Å². The third-order valence-corrected chi connectivity index (χ3v) is 14.1. The van der Waals surface area contributed by atoms with E-state index in [1.54, 1.807) is 110 Å². The molecule has 3 atom stereocenters. The van der Waals surface area contributed by atoms with Crippen LogP contribution < -0.4 is 30.2 Å². The minimum atomic E-state index is -2.07. The summed E-state index contributed by atoms with van der Waals surface area (Å²) in [5.74, 6) is 2.88. The molecule has 0 bridgehead atoms. The van der Waals surface area contributed by atoms with E-state index >= 15 is 0 Å². The van der Waals surface area contributed by atoms with Gasteiger partial charge in [-0.1, -0.05) is 90.8 Å². The highest BCUT2D eigenvalue weighted by Crippen LogP contribution is 2.42. The first-order valence-corrected chi connectivity index (χ1v) is 29.7. The molecular formula is C72H78N12O6. The Hall–Kier alpha value is -9.51. The molecule has 3 aliphatic rings. The van der Waals surface area contributed by atoms with Crippen LogP contribution in [0.1, 0.15) is 170 Å². The number of hydrogen-bond donors (Lipinski definition) is 3. The SMILES string of the molecule is [2H]C([2H])(C)CN[C@]1([2H])c2cccc(-c3noc(-c4ccc(OC(C)C)c([N+]#[C-])c4)n3)c2CC1([2H])[2H].[2H]C([2H])(CC)N[C@]1([2H])c2cccc(-c3noc(-c4ccc(OC(C)C)c([N+]#[C-])c4)n3)c2CC1([2H])[2H].[2H]C1([2H])Cc2c(-c3noc(-c4ccc(OC(C)C)c([N+]#[C-])c4)n3)cccc2[C@@]1([2H])NCCC. The molecule has 18 nitrogen and oxygen atoms in total. The maximum absolute atomic E-state index is 8.91. The zero-order chi connectivity index (χ0) is 75.0. The first-order chi connectivity index (χ1) is 48.4. The van der Waals surface area contributed by atoms with Crippen molar-refractivity contribution in [3.05, 3.63) is 177 Å². The van der Waals surface area contributed by atoms with Crippen LogP contribution in [0.3, 0.4) is 0 Å². The van der Waals surface area contributed by atoms with Gasteiger partial charge in [-0.05, 0) is 207 Å². The summed E-state index contributed by atoms with van der Waals surface area (Å²) in [6.45, 7) is 37.1. The summed E-state index contributed by atoms with van der Waals surface area (Å²) in [5.41, 5.74) is 7.55. The van der Waals surface area contributed by atoms with Crippen LogP contribution in [0.15, 0.2) is 123 Å². The van der Waals surface area contributed by atoms with Crippen molar-refractivity contribution in [1.29, 1.82) is 0 Å². The van der Waals surface area contributed by atoms with Gasteiger partial charge in [-0.2, -0.15) is 15.0 Å². The van der Waals surface area contributed by atoms with Crippen molar-refractivity contribution in [2.24, 2.45) is 0 Å². The average Bonchev–Trinajstić information content (AvgIpc) is 1.59. The van der Waals surface area contributed by atoms with Crippen LogP contribution in [0.5, 0.6) is 17.2 Å². The van der Waals surface area contributed by atoms with Crippen molar-refractivity contribution in [1.82, 2.24) is 46.4 Å². The van der Waals surface area contributed by atoms with Crippen LogP contribution in [0.4, 0.5) is 17.1 Å². The largest absolute Gasteiger partial charge is 0.502 e. The van der Waals surface area contributed by atoms with Gasteiger partial charge in [0, 0.05) is 65.1 Å². The van der Waals surface area contributed by atoms with Gasteiger partial charge >= 0.3 is 0 Å². The molecule has 3 aromatic heterocycles. The second-order valence-corrected chi connectivity index (χ2v) is 21.6. The van der Waals surface area contributed by atoms with E-state index in [9.17, 15) is 0 Å². The lowest BCUT2D eigenvalue weighted by Crippen LogP contribution is -2.19. The molecule has 12 rings (SSSR count). The van der Waals surface area contributed by atoms with Crippen LogP contribution in [-0.2, 0) is 19.3 Å². The standard InChI is InChI=1S/3C24H26N4O2/c3*1-5-13-26-20-11-10-17-18(20)7-6-8-19(17)23-27-24(30-28-23)16-9-12-22(29-15(2)3)21(14-16)25-4/h3*6-9,12,14-15,20,26H,5,10-11,13H2,1-3H3/t3*20-/m000/s1/i11D2,13D2,20D;5D2,11D2,20D;11D2,20D. The van der Waals surface area contributed by atoms with E-state index in [1.807, 2.05) is 54.5 Å². The summed E-state index contributed by atoms with van der Waals surface area (Å²) in [7, 11) is 0. The molecule has 9 aromatic rings. The third kappa shape index (κ3) is 14.6. The Balaban J connectivity index is 0.000000166. The summed E-state index contributed by atoms with van der Waals surface area (Å²) < 4.78 is 143. The second kappa shape index (κ2) is 29.7. The van der Waals surface area contributed by atoms with Gasteiger partial charge in [-0.3, -0.25) is 0 Å². The molecule has 3 aliphatic carbocycles. The number of nitrogens with one attached hydrogen (secondary N) is 3. The fraction of sp³-hybridized carbons (Fsp3) is 0.375. The minimum absolute atomic E-state index is 0.0521. The van der Waals surface area contributed by atoms with Crippen molar-refractivity contribution >= 4 is 17.1 Å². The number of aromatic nitrogens is 6. The van der Waals surface area contributed by atoms with Gasteiger partial charge < -0.3 is 43.7 Å². The summed E-state index contributed by atoms with van der Waals surface area (Å²) >= 11 is 0. The molecule has 0 saturated heterocycles. The molecule has 0 fully saturated rings. The molecular weight excluding hydrogens is 1130 g/mol. The maximum Gasteiger partial charge on any atom is 0.256 e. The van der Waals surface area contributed by atoms with E-state index in [-0.39, 0.29) is 79.9 Å². The quantitative estimate of drug-likeness (QED) is 0.0575. The molecule has 0 radical (unpaired) electrons. The molecule has 0 unspecified atom stereocenters. The Labute approximate surface area is 545 Å². The molecule has 6 aromatic carbocycles. The molecule has 0 aliphatic heterocycles. The van der Waals surface area contributed by atoms with Crippen molar-refractivity contribution < 1.29 is 45.6 Å². The smallest absolute Gasteiger partial charge is 0.256 e. The fourth-order valence-electron chi connectivity index (χ4n) is 10.1. The van der Waals surface area contributed by atoms with Gasteiger partial charge in [0.1, 0.15) is 17.2 Å². The van der Waals surface area contributed by atoms with Gasteiger partial charge in [0.15, 0.2) is 0 Å². The van der Waals surface area contributed by atoms with E-state index in [0.717, 1.165) is 6.42 Å². The Kier molecular flexibility index (Phi) is 16.0. The average molecular weight is 1220 g/mol. The maximum atomic E-state index is 8.91. The van der Waals surface area contributed by atoms with E-state index < -0.39 is 50.0 Å². The second-order valence-electron chi connectivity index (χ2n) is 21.6. The van der Waals surface area contributed by atoms with Gasteiger partial charge in [-0.25, -0.2) is 14.5 Å². The highest BCUT2D eigenvalue weighted by Gasteiger charge is 2.30. The first kappa shape index (κ1) is 48.4. The fourth-order valence-corrected chi connectivity index (χ4v) is 10.1. The van der Waals surface area contributed by atoms with Crippen LogP contribution in [-0.4, -0.2) is 68.3 Å². The Morgan fingerprint density at radius 2 is 0.844 bits per heavy atom. The number of nitrogens with zero attached hydrogens (tertiary/aromatic N) is 9. The van der Waals surface area contributed by atoms with Crippen molar-refractivity contribution in [2.75, 3.05) is 19.6 Å². The molecule has 3 N–H and O–H groups in total. The highest BCUT2D eigenvalue weighted by atomic mass is 16.5. The highest BCUT2D eigenvalue weighted by molar-refractivity contribution is 5.74. The number of ether oxygens (including phenoxy) is 3. The molecule has 0 spiro atoms. The van der Waals surface area contributed by atoms with Crippen LogP contribution in [0.2, 0.25) is 0 Å². The molecule has 462 valence electrons. The minimum Gasteiger partial charge on any atom is -0.502 e. The first-order valence-electron chi connectivity index (χ1n) is 36.2. The van der Waals surface area contributed by atoms with E-state index in [2.05, 4.69) is 60.9 Å². The normalized spacial score (nSPS) is 21.8.